The summed E-state index contributed by atoms with van der Waals surface area (Å²) in [5.41, 5.74) is 7.33. The Morgan fingerprint density at radius 3 is 2.50 bits per heavy atom. The third-order valence-electron chi connectivity index (χ3n) is 2.38. The van der Waals surface area contributed by atoms with E-state index >= 15 is 0 Å². The Labute approximate surface area is 91.1 Å². The minimum Gasteiger partial charge on any atom is -0.327 e. The third-order valence-corrected chi connectivity index (χ3v) is 3.70. The summed E-state index contributed by atoms with van der Waals surface area (Å²) in [5, 5.41) is 0. The molecule has 0 heterocycles. The van der Waals surface area contributed by atoms with Gasteiger partial charge in [-0.05, 0) is 24.5 Å². The minimum atomic E-state index is 0.291. The summed E-state index contributed by atoms with van der Waals surface area (Å²) in [6, 6.07) is 8.74. The first kappa shape index (κ1) is 11.6. The molecule has 0 spiro atoms. The molecule has 1 unspecified atom stereocenters. The van der Waals surface area contributed by atoms with Crippen molar-refractivity contribution in [2.24, 2.45) is 11.7 Å². The largest absolute Gasteiger partial charge is 0.327 e. The molecule has 0 amide bonds. The van der Waals surface area contributed by atoms with Crippen molar-refractivity contribution < 1.29 is 0 Å². The Bertz CT molecular complexity index is 283. The fraction of sp³-hybridized carbons (Fsp3) is 0.500. The molecule has 1 aromatic carbocycles. The SMILES string of the molecule is Cc1ccccc1SCC(N)C(C)C. The van der Waals surface area contributed by atoms with Gasteiger partial charge in [-0.2, -0.15) is 0 Å². The van der Waals surface area contributed by atoms with Gasteiger partial charge in [-0.15, -0.1) is 11.8 Å². The molecule has 0 saturated heterocycles. The molecule has 1 atom stereocenters. The molecule has 0 aliphatic rings. The molecule has 0 bridgehead atoms. The van der Waals surface area contributed by atoms with Crippen molar-refractivity contribution in [2.75, 3.05) is 5.75 Å². The molecule has 0 saturated carbocycles. The number of aryl methyl sites for hydroxylation is 1. The first-order valence-electron chi connectivity index (χ1n) is 5.05. The van der Waals surface area contributed by atoms with E-state index in [9.17, 15) is 0 Å². The van der Waals surface area contributed by atoms with Gasteiger partial charge < -0.3 is 5.73 Å². The van der Waals surface area contributed by atoms with E-state index in [1.54, 1.807) is 0 Å². The molecule has 14 heavy (non-hydrogen) atoms. The van der Waals surface area contributed by atoms with Crippen LogP contribution in [0.25, 0.3) is 0 Å². The van der Waals surface area contributed by atoms with Gasteiger partial charge in [-0.25, -0.2) is 0 Å². The van der Waals surface area contributed by atoms with Gasteiger partial charge in [-0.1, -0.05) is 32.0 Å². The highest BCUT2D eigenvalue weighted by Crippen LogP contribution is 2.23. The highest BCUT2D eigenvalue weighted by Gasteiger charge is 2.08. The van der Waals surface area contributed by atoms with Crippen LogP contribution in [-0.4, -0.2) is 11.8 Å². The predicted molar refractivity (Wildman–Crippen MR) is 64.7 cm³/mol. The average Bonchev–Trinajstić information content (AvgIpc) is 2.16. The molecule has 2 heteroatoms. The number of hydrogen-bond donors (Lipinski definition) is 1. The Balaban J connectivity index is 2.50. The normalized spacial score (nSPS) is 13.2. The molecule has 1 nitrogen and oxygen atoms in total. The quantitative estimate of drug-likeness (QED) is 0.771. The zero-order valence-electron chi connectivity index (χ0n) is 9.16. The van der Waals surface area contributed by atoms with E-state index in [0.717, 1.165) is 5.75 Å². The van der Waals surface area contributed by atoms with E-state index in [1.807, 2.05) is 11.8 Å². The molecule has 0 fully saturated rings. The highest BCUT2D eigenvalue weighted by atomic mass is 32.2. The van der Waals surface area contributed by atoms with Gasteiger partial charge in [0, 0.05) is 16.7 Å². The molecular weight excluding hydrogens is 190 g/mol. The van der Waals surface area contributed by atoms with Crippen LogP contribution in [0, 0.1) is 12.8 Å². The average molecular weight is 209 g/mol. The number of benzene rings is 1. The highest BCUT2D eigenvalue weighted by molar-refractivity contribution is 7.99. The smallest absolute Gasteiger partial charge is 0.0157 e. The Morgan fingerprint density at radius 1 is 1.29 bits per heavy atom. The van der Waals surface area contributed by atoms with Gasteiger partial charge >= 0.3 is 0 Å². The topological polar surface area (TPSA) is 26.0 Å². The third kappa shape index (κ3) is 3.35. The monoisotopic (exact) mass is 209 g/mol. The maximum Gasteiger partial charge on any atom is 0.0157 e. The molecule has 1 aromatic rings. The Kier molecular flexibility index (Phi) is 4.49. The van der Waals surface area contributed by atoms with E-state index in [-0.39, 0.29) is 0 Å². The summed E-state index contributed by atoms with van der Waals surface area (Å²) in [7, 11) is 0. The lowest BCUT2D eigenvalue weighted by atomic mass is 10.1. The molecule has 78 valence electrons. The second-order valence-corrected chi connectivity index (χ2v) is 5.05. The van der Waals surface area contributed by atoms with Gasteiger partial charge in [0.1, 0.15) is 0 Å². The predicted octanol–water partition coefficient (Wildman–Crippen LogP) is 3.07. The lowest BCUT2D eigenvalue weighted by molar-refractivity contribution is 0.535. The van der Waals surface area contributed by atoms with Crippen LogP contribution in [0.3, 0.4) is 0 Å². The second-order valence-electron chi connectivity index (χ2n) is 3.98. The van der Waals surface area contributed by atoms with Gasteiger partial charge in [-0.3, -0.25) is 0 Å². The van der Waals surface area contributed by atoms with Crippen LogP contribution in [0.1, 0.15) is 19.4 Å². The summed E-state index contributed by atoms with van der Waals surface area (Å²) in [6.45, 7) is 6.48. The van der Waals surface area contributed by atoms with Crippen LogP contribution in [0.2, 0.25) is 0 Å². The van der Waals surface area contributed by atoms with Crippen LogP contribution >= 0.6 is 11.8 Å². The summed E-state index contributed by atoms with van der Waals surface area (Å²) in [4.78, 5) is 1.35. The van der Waals surface area contributed by atoms with Crippen molar-refractivity contribution in [2.45, 2.75) is 31.7 Å². The number of nitrogens with two attached hydrogens (primary N) is 1. The standard InChI is InChI=1S/C12H19NS/c1-9(2)11(13)8-14-12-7-5-4-6-10(12)3/h4-7,9,11H,8,13H2,1-3H3. The zero-order chi connectivity index (χ0) is 10.6. The van der Waals surface area contributed by atoms with E-state index in [4.69, 9.17) is 5.73 Å². The van der Waals surface area contributed by atoms with Crippen LogP contribution in [0.15, 0.2) is 29.2 Å². The van der Waals surface area contributed by atoms with Gasteiger partial charge in [0.05, 0.1) is 0 Å². The Morgan fingerprint density at radius 2 is 1.93 bits per heavy atom. The van der Waals surface area contributed by atoms with Crippen molar-refractivity contribution in [1.29, 1.82) is 0 Å². The van der Waals surface area contributed by atoms with Crippen LogP contribution < -0.4 is 5.73 Å². The summed E-state index contributed by atoms with van der Waals surface area (Å²) < 4.78 is 0. The van der Waals surface area contributed by atoms with E-state index in [1.165, 1.54) is 10.5 Å². The zero-order valence-corrected chi connectivity index (χ0v) is 9.97. The van der Waals surface area contributed by atoms with Gasteiger partial charge in [0.15, 0.2) is 0 Å². The maximum atomic E-state index is 5.99. The first-order valence-corrected chi connectivity index (χ1v) is 6.04. The lowest BCUT2D eigenvalue weighted by Crippen LogP contribution is -2.28. The lowest BCUT2D eigenvalue weighted by Gasteiger charge is -2.15. The first-order chi connectivity index (χ1) is 6.61. The van der Waals surface area contributed by atoms with Crippen LogP contribution in [0.5, 0.6) is 0 Å². The number of hydrogen-bond acceptors (Lipinski definition) is 2. The van der Waals surface area contributed by atoms with E-state index < -0.39 is 0 Å². The minimum absolute atomic E-state index is 0.291. The fourth-order valence-electron chi connectivity index (χ4n) is 1.10. The van der Waals surface area contributed by atoms with Gasteiger partial charge in [0.2, 0.25) is 0 Å². The van der Waals surface area contributed by atoms with E-state index in [2.05, 4.69) is 45.0 Å². The molecule has 0 radical (unpaired) electrons. The van der Waals surface area contributed by atoms with Crippen molar-refractivity contribution in [3.63, 3.8) is 0 Å². The Hall–Kier alpha value is -0.470. The van der Waals surface area contributed by atoms with Crippen molar-refractivity contribution >= 4 is 11.8 Å². The van der Waals surface area contributed by atoms with Crippen LogP contribution in [0.4, 0.5) is 0 Å². The number of rotatable bonds is 4. The molecule has 1 rings (SSSR count). The number of thioether (sulfide) groups is 1. The van der Waals surface area contributed by atoms with E-state index in [0.29, 0.717) is 12.0 Å². The van der Waals surface area contributed by atoms with Crippen molar-refractivity contribution in [1.82, 2.24) is 0 Å². The van der Waals surface area contributed by atoms with Gasteiger partial charge in [0.25, 0.3) is 0 Å². The van der Waals surface area contributed by atoms with Crippen LogP contribution in [-0.2, 0) is 0 Å². The maximum absolute atomic E-state index is 5.99. The summed E-state index contributed by atoms with van der Waals surface area (Å²) in [6.07, 6.45) is 0. The molecule has 2 N–H and O–H groups in total. The van der Waals surface area contributed by atoms with Crippen molar-refractivity contribution in [3.8, 4) is 0 Å². The fourth-order valence-corrected chi connectivity index (χ4v) is 2.32. The second kappa shape index (κ2) is 5.42. The molecule has 0 aliphatic carbocycles. The summed E-state index contributed by atoms with van der Waals surface area (Å²) >= 11 is 1.86. The molecular formula is C12H19NS. The molecule has 0 aromatic heterocycles. The van der Waals surface area contributed by atoms with Crippen molar-refractivity contribution in [3.05, 3.63) is 29.8 Å². The molecule has 0 aliphatic heterocycles. The summed E-state index contributed by atoms with van der Waals surface area (Å²) in [5.74, 6) is 1.56.